The molecule has 1 aromatic heterocycles. The molecule has 2 heterocycles. The second-order valence-electron chi connectivity index (χ2n) is 6.70. The van der Waals surface area contributed by atoms with Crippen molar-refractivity contribution in [1.29, 1.82) is 0 Å². The van der Waals surface area contributed by atoms with E-state index in [0.29, 0.717) is 12.3 Å². The smallest absolute Gasteiger partial charge is 0.244 e. The molecular weight excluding hydrogens is 511 g/mol. The minimum absolute atomic E-state index is 0. The van der Waals surface area contributed by atoms with E-state index in [1.807, 2.05) is 59.5 Å². The fourth-order valence-corrected chi connectivity index (χ4v) is 4.05. The minimum atomic E-state index is -0.0206. The van der Waals surface area contributed by atoms with Crippen LogP contribution in [0.5, 0.6) is 11.5 Å². The van der Waals surface area contributed by atoms with Gasteiger partial charge < -0.3 is 20.7 Å². The van der Waals surface area contributed by atoms with E-state index in [1.54, 1.807) is 11.3 Å². The highest BCUT2D eigenvalue weighted by Crippen LogP contribution is 2.25. The number of anilines is 1. The van der Waals surface area contributed by atoms with E-state index in [1.165, 1.54) is 10.4 Å². The van der Waals surface area contributed by atoms with Crippen molar-refractivity contribution in [3.05, 3.63) is 76.5 Å². The van der Waals surface area contributed by atoms with Crippen molar-refractivity contribution in [1.82, 2.24) is 4.90 Å². The number of nitrogens with one attached hydrogen (secondary N) is 1. The molecule has 3 aromatic rings. The molecule has 156 valence electrons. The standard InChI is InChI=1S/C22H22N4O2S.HI/c23-22(24-14-21(27)26-11-9-20-16(15-26)10-12-29-20)25-17-5-4-8-19(13-17)28-18-6-2-1-3-7-18;/h1-8,10,12-13H,9,11,14-15H2,(H3,23,24,25);1H. The predicted octanol–water partition coefficient (Wildman–Crippen LogP) is 4.47. The van der Waals surface area contributed by atoms with E-state index in [0.717, 1.165) is 24.4 Å². The summed E-state index contributed by atoms with van der Waals surface area (Å²) in [6.07, 6.45) is 0.907. The van der Waals surface area contributed by atoms with Gasteiger partial charge in [-0.05, 0) is 47.7 Å². The molecule has 0 bridgehead atoms. The van der Waals surface area contributed by atoms with E-state index >= 15 is 0 Å². The van der Waals surface area contributed by atoms with Crippen LogP contribution in [0, 0.1) is 0 Å². The summed E-state index contributed by atoms with van der Waals surface area (Å²) in [5.41, 5.74) is 7.95. The molecule has 1 aliphatic heterocycles. The molecule has 1 amide bonds. The zero-order valence-corrected chi connectivity index (χ0v) is 19.4. The molecule has 0 atom stereocenters. The Hall–Kier alpha value is -2.59. The lowest BCUT2D eigenvalue weighted by Gasteiger charge is -2.26. The van der Waals surface area contributed by atoms with Gasteiger partial charge in [0.15, 0.2) is 5.96 Å². The number of rotatable bonds is 5. The summed E-state index contributed by atoms with van der Waals surface area (Å²) >= 11 is 1.75. The quantitative estimate of drug-likeness (QED) is 0.288. The number of hydrogen-bond acceptors (Lipinski definition) is 4. The van der Waals surface area contributed by atoms with Gasteiger partial charge in [-0.2, -0.15) is 0 Å². The van der Waals surface area contributed by atoms with Crippen LogP contribution in [0.2, 0.25) is 0 Å². The summed E-state index contributed by atoms with van der Waals surface area (Å²) in [4.78, 5) is 19.9. The summed E-state index contributed by atoms with van der Waals surface area (Å²) in [5.74, 6) is 1.62. The van der Waals surface area contributed by atoms with Crippen LogP contribution in [0.3, 0.4) is 0 Å². The molecule has 0 saturated carbocycles. The number of carbonyl (C=O) groups is 1. The van der Waals surface area contributed by atoms with Crippen LogP contribution in [-0.4, -0.2) is 29.9 Å². The van der Waals surface area contributed by atoms with Crippen molar-refractivity contribution in [2.45, 2.75) is 13.0 Å². The molecule has 0 saturated heterocycles. The van der Waals surface area contributed by atoms with Gasteiger partial charge in [0.05, 0.1) is 0 Å². The normalized spacial score (nSPS) is 13.2. The maximum absolute atomic E-state index is 12.5. The highest BCUT2D eigenvalue weighted by atomic mass is 127. The third-order valence-electron chi connectivity index (χ3n) is 4.63. The largest absolute Gasteiger partial charge is 0.457 e. The van der Waals surface area contributed by atoms with Crippen molar-refractivity contribution < 1.29 is 9.53 Å². The van der Waals surface area contributed by atoms with E-state index < -0.39 is 0 Å². The Morgan fingerprint density at radius 1 is 1.13 bits per heavy atom. The fourth-order valence-electron chi connectivity index (χ4n) is 3.16. The number of para-hydroxylation sites is 1. The van der Waals surface area contributed by atoms with E-state index in [4.69, 9.17) is 10.5 Å². The molecule has 8 heteroatoms. The summed E-state index contributed by atoms with van der Waals surface area (Å²) in [7, 11) is 0. The highest BCUT2D eigenvalue weighted by Gasteiger charge is 2.21. The molecule has 4 rings (SSSR count). The van der Waals surface area contributed by atoms with Crippen LogP contribution in [0.25, 0.3) is 0 Å². The first-order chi connectivity index (χ1) is 14.2. The van der Waals surface area contributed by atoms with Crippen molar-refractivity contribution in [2.24, 2.45) is 10.7 Å². The molecule has 0 aliphatic carbocycles. The molecule has 30 heavy (non-hydrogen) atoms. The topological polar surface area (TPSA) is 80.0 Å². The van der Waals surface area contributed by atoms with Gasteiger partial charge in [0.2, 0.25) is 5.91 Å². The Bertz CT molecular complexity index is 1020. The van der Waals surface area contributed by atoms with Gasteiger partial charge in [-0.1, -0.05) is 24.3 Å². The monoisotopic (exact) mass is 534 g/mol. The summed E-state index contributed by atoms with van der Waals surface area (Å²) < 4.78 is 5.82. The zero-order valence-electron chi connectivity index (χ0n) is 16.3. The summed E-state index contributed by atoms with van der Waals surface area (Å²) in [6.45, 7) is 1.41. The van der Waals surface area contributed by atoms with E-state index in [9.17, 15) is 4.79 Å². The van der Waals surface area contributed by atoms with Gasteiger partial charge in [-0.25, -0.2) is 4.99 Å². The molecule has 0 radical (unpaired) electrons. The molecule has 3 N–H and O–H groups in total. The predicted molar refractivity (Wildman–Crippen MR) is 132 cm³/mol. The zero-order chi connectivity index (χ0) is 20.1. The van der Waals surface area contributed by atoms with Crippen molar-refractivity contribution in [3.8, 4) is 11.5 Å². The summed E-state index contributed by atoms with van der Waals surface area (Å²) in [6, 6.07) is 19.1. The second kappa shape index (κ2) is 10.4. The number of thiophene rings is 1. The second-order valence-corrected chi connectivity index (χ2v) is 7.70. The fraction of sp³-hybridized carbons (Fsp3) is 0.182. The van der Waals surface area contributed by atoms with Gasteiger partial charge in [-0.15, -0.1) is 35.3 Å². The minimum Gasteiger partial charge on any atom is -0.457 e. The Morgan fingerprint density at radius 2 is 1.93 bits per heavy atom. The Morgan fingerprint density at radius 3 is 2.77 bits per heavy atom. The number of nitrogens with two attached hydrogens (primary N) is 1. The van der Waals surface area contributed by atoms with Crippen molar-refractivity contribution >= 4 is 52.9 Å². The van der Waals surface area contributed by atoms with Crippen LogP contribution in [0.4, 0.5) is 5.69 Å². The number of amides is 1. The maximum atomic E-state index is 12.5. The molecule has 0 unspecified atom stereocenters. The number of guanidine groups is 1. The number of benzene rings is 2. The van der Waals surface area contributed by atoms with Crippen LogP contribution < -0.4 is 15.8 Å². The molecule has 1 aliphatic rings. The van der Waals surface area contributed by atoms with Crippen LogP contribution in [0.1, 0.15) is 10.4 Å². The third-order valence-corrected chi connectivity index (χ3v) is 5.65. The first kappa shape index (κ1) is 22.1. The number of nitrogens with zero attached hydrogens (tertiary/aromatic N) is 2. The lowest BCUT2D eigenvalue weighted by atomic mass is 10.1. The molecule has 6 nitrogen and oxygen atoms in total. The lowest BCUT2D eigenvalue weighted by molar-refractivity contribution is -0.130. The molecule has 0 spiro atoms. The summed E-state index contributed by atoms with van der Waals surface area (Å²) in [5, 5.41) is 5.09. The number of aliphatic imine (C=N–C) groups is 1. The number of halogens is 1. The van der Waals surface area contributed by atoms with Gasteiger partial charge in [-0.3, -0.25) is 4.79 Å². The molecule has 2 aromatic carbocycles. The van der Waals surface area contributed by atoms with Crippen LogP contribution in [-0.2, 0) is 17.8 Å². The van der Waals surface area contributed by atoms with Crippen LogP contribution in [0.15, 0.2) is 71.0 Å². The number of hydrogen-bond donors (Lipinski definition) is 2. The maximum Gasteiger partial charge on any atom is 0.244 e. The van der Waals surface area contributed by atoms with Gasteiger partial charge in [0.25, 0.3) is 0 Å². The van der Waals surface area contributed by atoms with Crippen LogP contribution >= 0.6 is 35.3 Å². The molecule has 0 fully saturated rings. The van der Waals surface area contributed by atoms with Crippen molar-refractivity contribution in [2.75, 3.05) is 18.4 Å². The van der Waals surface area contributed by atoms with Gasteiger partial charge in [0.1, 0.15) is 18.0 Å². The van der Waals surface area contributed by atoms with Gasteiger partial charge in [0, 0.05) is 29.7 Å². The lowest BCUT2D eigenvalue weighted by Crippen LogP contribution is -2.37. The number of carbonyl (C=O) groups excluding carboxylic acids is 1. The third kappa shape index (κ3) is 5.73. The van der Waals surface area contributed by atoms with Gasteiger partial charge >= 0.3 is 0 Å². The first-order valence-electron chi connectivity index (χ1n) is 9.40. The number of ether oxygens (including phenoxy) is 1. The average Bonchev–Trinajstić information content (AvgIpc) is 3.21. The number of fused-ring (bicyclic) bond motifs is 1. The Labute approximate surface area is 196 Å². The Balaban J connectivity index is 0.00000256. The van der Waals surface area contributed by atoms with E-state index in [-0.39, 0.29) is 42.4 Å². The molecular formula is C22H23IN4O2S. The van der Waals surface area contributed by atoms with Crippen molar-refractivity contribution in [3.63, 3.8) is 0 Å². The Kier molecular flexibility index (Phi) is 7.69. The highest BCUT2D eigenvalue weighted by molar-refractivity contribution is 14.0. The SMILES string of the molecule is I.NC(=NCC(=O)N1CCc2sccc2C1)Nc1cccc(Oc2ccccc2)c1. The first-order valence-corrected chi connectivity index (χ1v) is 10.3. The van der Waals surface area contributed by atoms with E-state index in [2.05, 4.69) is 21.8 Å². The average molecular weight is 534 g/mol.